The van der Waals surface area contributed by atoms with Crippen LogP contribution in [0.15, 0.2) is 138 Å². The highest BCUT2D eigenvalue weighted by atomic mass is 16.3. The number of pyridine rings is 1. The Morgan fingerprint density at radius 2 is 1.41 bits per heavy atom. The van der Waals surface area contributed by atoms with Crippen molar-refractivity contribution in [3.63, 3.8) is 0 Å². The predicted molar refractivity (Wildman–Crippen MR) is 156 cm³/mol. The lowest BCUT2D eigenvalue weighted by molar-refractivity contribution is 0.620. The number of para-hydroxylation sites is 2. The predicted octanol–water partition coefficient (Wildman–Crippen LogP) is 8.44. The Morgan fingerprint density at radius 3 is 2.26 bits per heavy atom. The van der Waals surface area contributed by atoms with E-state index in [0.717, 1.165) is 50.3 Å². The van der Waals surface area contributed by atoms with Gasteiger partial charge >= 0.3 is 0 Å². The third-order valence-electron chi connectivity index (χ3n) is 7.26. The minimum absolute atomic E-state index is 0.616. The van der Waals surface area contributed by atoms with Crippen molar-refractivity contribution >= 4 is 32.9 Å². The second-order valence-electron chi connectivity index (χ2n) is 9.61. The average Bonchev–Trinajstić information content (AvgIpc) is 3.75. The molecule has 0 saturated carbocycles. The minimum Gasteiger partial charge on any atom is -0.436 e. The number of fused-ring (bicyclic) bond motifs is 4. The summed E-state index contributed by atoms with van der Waals surface area (Å²) in [6, 6.07) is 39.6. The van der Waals surface area contributed by atoms with E-state index in [-0.39, 0.29) is 0 Å². The lowest BCUT2D eigenvalue weighted by atomic mass is 10.1. The maximum absolute atomic E-state index is 6.14. The molecule has 8 aromatic rings. The molecule has 0 fully saturated rings. The van der Waals surface area contributed by atoms with Gasteiger partial charge in [0, 0.05) is 51.9 Å². The SMILES string of the molecule is c1ccc(-c2cccc(-n3c4cc(-c5nc6ccccc6o5)ccc4c4ccc(-n5cccc5)cc43)c2)nc1. The van der Waals surface area contributed by atoms with Gasteiger partial charge in [-0.2, -0.15) is 0 Å². The first kappa shape index (κ1) is 21.6. The van der Waals surface area contributed by atoms with Crippen LogP contribution in [0.3, 0.4) is 0 Å². The summed E-state index contributed by atoms with van der Waals surface area (Å²) >= 11 is 0. The van der Waals surface area contributed by atoms with Gasteiger partial charge in [-0.1, -0.05) is 42.5 Å². The summed E-state index contributed by atoms with van der Waals surface area (Å²) in [4.78, 5) is 9.35. The molecule has 0 unspecified atom stereocenters. The topological polar surface area (TPSA) is 48.8 Å². The molecule has 0 amide bonds. The van der Waals surface area contributed by atoms with Gasteiger partial charge in [0.2, 0.25) is 5.89 Å². The molecular weight excluding hydrogens is 480 g/mol. The number of hydrogen-bond donors (Lipinski definition) is 0. The van der Waals surface area contributed by atoms with Gasteiger partial charge in [0.25, 0.3) is 0 Å². The van der Waals surface area contributed by atoms with Crippen LogP contribution in [0.5, 0.6) is 0 Å². The number of hydrogen-bond acceptors (Lipinski definition) is 3. The standard InChI is InChI=1S/C34H22N4O/c1-2-12-33-30(11-1)36-34(39-33)24-13-15-27-28-16-14-25(37-18-5-6-19-37)22-32(28)38(31(27)21-24)26-9-7-8-23(20-26)29-10-3-4-17-35-29/h1-22H. The highest BCUT2D eigenvalue weighted by Crippen LogP contribution is 2.37. The molecule has 0 saturated heterocycles. The van der Waals surface area contributed by atoms with E-state index in [1.165, 1.54) is 10.8 Å². The third-order valence-corrected chi connectivity index (χ3v) is 7.26. The summed E-state index contributed by atoms with van der Waals surface area (Å²) in [6.07, 6.45) is 5.97. The molecule has 0 spiro atoms. The van der Waals surface area contributed by atoms with Crippen LogP contribution >= 0.6 is 0 Å². The molecule has 5 nitrogen and oxygen atoms in total. The van der Waals surface area contributed by atoms with Gasteiger partial charge in [-0.3, -0.25) is 4.98 Å². The smallest absolute Gasteiger partial charge is 0.227 e. The highest BCUT2D eigenvalue weighted by Gasteiger charge is 2.17. The number of rotatable bonds is 4. The summed E-state index contributed by atoms with van der Waals surface area (Å²) in [5.74, 6) is 0.616. The second kappa shape index (κ2) is 8.57. The quantitative estimate of drug-likeness (QED) is 0.243. The van der Waals surface area contributed by atoms with Gasteiger partial charge in [0.1, 0.15) is 5.52 Å². The molecule has 0 bridgehead atoms. The average molecular weight is 503 g/mol. The van der Waals surface area contributed by atoms with E-state index < -0.39 is 0 Å². The summed E-state index contributed by atoms with van der Waals surface area (Å²) < 4.78 is 10.6. The molecule has 0 N–H and O–H groups in total. The zero-order valence-electron chi connectivity index (χ0n) is 20.9. The molecule has 0 aliphatic carbocycles. The number of benzene rings is 4. The van der Waals surface area contributed by atoms with Crippen LogP contribution in [0.1, 0.15) is 0 Å². The largest absolute Gasteiger partial charge is 0.436 e. The van der Waals surface area contributed by atoms with Crippen LogP contribution in [-0.2, 0) is 0 Å². The Hall–Kier alpha value is -5.42. The van der Waals surface area contributed by atoms with E-state index in [1.807, 2.05) is 60.8 Å². The molecule has 5 heteroatoms. The van der Waals surface area contributed by atoms with Crippen molar-refractivity contribution in [1.29, 1.82) is 0 Å². The van der Waals surface area contributed by atoms with Gasteiger partial charge in [-0.05, 0) is 72.8 Å². The third kappa shape index (κ3) is 3.55. The van der Waals surface area contributed by atoms with E-state index in [4.69, 9.17) is 9.40 Å². The molecular formula is C34H22N4O. The molecule has 184 valence electrons. The Kier molecular flexibility index (Phi) is 4.76. The van der Waals surface area contributed by atoms with Crippen LogP contribution in [-0.4, -0.2) is 19.1 Å². The maximum Gasteiger partial charge on any atom is 0.227 e. The van der Waals surface area contributed by atoms with Crippen molar-refractivity contribution < 1.29 is 4.42 Å². The van der Waals surface area contributed by atoms with Crippen molar-refractivity contribution in [2.24, 2.45) is 0 Å². The lowest BCUT2D eigenvalue weighted by Gasteiger charge is -2.11. The molecule has 39 heavy (non-hydrogen) atoms. The Labute approximate surface area is 224 Å². The van der Waals surface area contributed by atoms with Crippen molar-refractivity contribution in [1.82, 2.24) is 19.1 Å². The van der Waals surface area contributed by atoms with Crippen molar-refractivity contribution in [3.05, 3.63) is 134 Å². The summed E-state index contributed by atoms with van der Waals surface area (Å²) in [7, 11) is 0. The van der Waals surface area contributed by atoms with Gasteiger partial charge < -0.3 is 13.6 Å². The molecule has 8 rings (SSSR count). The minimum atomic E-state index is 0.616. The zero-order chi connectivity index (χ0) is 25.8. The number of aromatic nitrogens is 4. The molecule has 4 aromatic heterocycles. The van der Waals surface area contributed by atoms with Crippen molar-refractivity contribution in [2.45, 2.75) is 0 Å². The first-order chi connectivity index (χ1) is 19.3. The normalized spacial score (nSPS) is 11.6. The molecule has 0 aliphatic heterocycles. The Balaban J connectivity index is 1.40. The summed E-state index contributed by atoms with van der Waals surface area (Å²) in [5, 5.41) is 2.36. The maximum atomic E-state index is 6.14. The first-order valence-electron chi connectivity index (χ1n) is 12.9. The van der Waals surface area contributed by atoms with Crippen LogP contribution in [0.4, 0.5) is 0 Å². The molecule has 4 aromatic carbocycles. The van der Waals surface area contributed by atoms with E-state index in [2.05, 4.69) is 87.2 Å². The van der Waals surface area contributed by atoms with Crippen LogP contribution in [0.2, 0.25) is 0 Å². The van der Waals surface area contributed by atoms with Gasteiger partial charge in [-0.25, -0.2) is 4.98 Å². The van der Waals surface area contributed by atoms with Crippen molar-refractivity contribution in [2.75, 3.05) is 0 Å². The molecule has 0 radical (unpaired) electrons. The monoisotopic (exact) mass is 502 g/mol. The Bertz CT molecular complexity index is 2090. The fourth-order valence-electron chi connectivity index (χ4n) is 5.42. The van der Waals surface area contributed by atoms with Gasteiger partial charge in [0.15, 0.2) is 5.58 Å². The van der Waals surface area contributed by atoms with Crippen LogP contribution < -0.4 is 0 Å². The fraction of sp³-hybridized carbons (Fsp3) is 0. The highest BCUT2D eigenvalue weighted by molar-refractivity contribution is 6.10. The fourth-order valence-corrected chi connectivity index (χ4v) is 5.42. The van der Waals surface area contributed by atoms with Gasteiger partial charge in [0.05, 0.1) is 16.7 Å². The molecule has 4 heterocycles. The lowest BCUT2D eigenvalue weighted by Crippen LogP contribution is -1.96. The molecule has 0 aliphatic rings. The van der Waals surface area contributed by atoms with E-state index in [0.29, 0.717) is 5.89 Å². The van der Waals surface area contributed by atoms with E-state index in [1.54, 1.807) is 0 Å². The second-order valence-corrected chi connectivity index (χ2v) is 9.61. The summed E-state index contributed by atoms with van der Waals surface area (Å²) in [5.41, 5.74) is 8.99. The number of oxazole rings is 1. The van der Waals surface area contributed by atoms with E-state index in [9.17, 15) is 0 Å². The van der Waals surface area contributed by atoms with Crippen LogP contribution in [0.25, 0.3) is 67.0 Å². The molecule has 0 atom stereocenters. The van der Waals surface area contributed by atoms with E-state index >= 15 is 0 Å². The first-order valence-corrected chi connectivity index (χ1v) is 12.9. The Morgan fingerprint density at radius 1 is 0.590 bits per heavy atom. The summed E-state index contributed by atoms with van der Waals surface area (Å²) in [6.45, 7) is 0. The van der Waals surface area contributed by atoms with Crippen LogP contribution in [0, 0.1) is 0 Å². The van der Waals surface area contributed by atoms with Gasteiger partial charge in [-0.15, -0.1) is 0 Å². The zero-order valence-corrected chi connectivity index (χ0v) is 20.9. The van der Waals surface area contributed by atoms with Crippen molar-refractivity contribution in [3.8, 4) is 34.1 Å². The number of nitrogens with zero attached hydrogens (tertiary/aromatic N) is 4.